The minimum atomic E-state index is -4.45. The highest BCUT2D eigenvalue weighted by atomic mass is 19.4. The van der Waals surface area contributed by atoms with Crippen LogP contribution in [0.25, 0.3) is 0 Å². The highest BCUT2D eigenvalue weighted by molar-refractivity contribution is 5.70. The summed E-state index contributed by atoms with van der Waals surface area (Å²) in [7, 11) is 0. The van der Waals surface area contributed by atoms with Crippen LogP contribution >= 0.6 is 0 Å². The zero-order chi connectivity index (χ0) is 20.5. The molecular formula is C22H24F3NO2. The second kappa shape index (κ2) is 7.95. The van der Waals surface area contributed by atoms with Gasteiger partial charge in [0.2, 0.25) is 0 Å². The lowest BCUT2D eigenvalue weighted by atomic mass is 9.87. The predicted molar refractivity (Wildman–Crippen MR) is 101 cm³/mol. The zero-order valence-corrected chi connectivity index (χ0v) is 16.0. The van der Waals surface area contributed by atoms with Gasteiger partial charge in [-0.15, -0.1) is 0 Å². The molecule has 1 aliphatic heterocycles. The van der Waals surface area contributed by atoms with Gasteiger partial charge in [-0.1, -0.05) is 42.0 Å². The number of piperidine rings is 1. The van der Waals surface area contributed by atoms with E-state index >= 15 is 0 Å². The Hall–Kier alpha value is -2.34. The van der Waals surface area contributed by atoms with Crippen LogP contribution in [-0.2, 0) is 11.0 Å². The summed E-state index contributed by atoms with van der Waals surface area (Å²) in [5.74, 6) is -1.27. The average Bonchev–Trinajstić information content (AvgIpc) is 2.65. The van der Waals surface area contributed by atoms with Gasteiger partial charge in [-0.25, -0.2) is 0 Å². The molecule has 2 aromatic carbocycles. The largest absolute Gasteiger partial charge is 0.481 e. The molecule has 0 saturated carbocycles. The second-order valence-corrected chi connectivity index (χ2v) is 7.50. The third kappa shape index (κ3) is 4.22. The quantitative estimate of drug-likeness (QED) is 0.778. The van der Waals surface area contributed by atoms with Gasteiger partial charge < -0.3 is 5.11 Å². The van der Waals surface area contributed by atoms with Crippen molar-refractivity contribution in [3.8, 4) is 0 Å². The fourth-order valence-electron chi connectivity index (χ4n) is 4.01. The Morgan fingerprint density at radius 1 is 1.07 bits per heavy atom. The topological polar surface area (TPSA) is 40.5 Å². The Bertz CT molecular complexity index is 855. The van der Waals surface area contributed by atoms with Crippen LogP contribution in [0.4, 0.5) is 13.2 Å². The molecule has 0 aromatic heterocycles. The molecule has 1 atom stereocenters. The summed E-state index contributed by atoms with van der Waals surface area (Å²) >= 11 is 0. The Labute approximate surface area is 162 Å². The Kier molecular flexibility index (Phi) is 5.79. The molecule has 0 radical (unpaired) electrons. The predicted octanol–water partition coefficient (Wildman–Crippen LogP) is 5.21. The smallest absolute Gasteiger partial charge is 0.416 e. The summed E-state index contributed by atoms with van der Waals surface area (Å²) < 4.78 is 41.2. The van der Waals surface area contributed by atoms with Crippen molar-refractivity contribution in [2.75, 3.05) is 13.1 Å². The molecule has 3 nitrogen and oxygen atoms in total. The number of likely N-dealkylation sites (tertiary alicyclic amines) is 1. The Morgan fingerprint density at radius 2 is 1.71 bits per heavy atom. The highest BCUT2D eigenvalue weighted by Crippen LogP contribution is 2.41. The Morgan fingerprint density at radius 3 is 2.32 bits per heavy atom. The number of benzene rings is 2. The van der Waals surface area contributed by atoms with Crippen LogP contribution in [0.15, 0.2) is 42.5 Å². The number of carbonyl (C=O) groups is 1. The van der Waals surface area contributed by atoms with Crippen LogP contribution in [0, 0.1) is 19.8 Å². The molecule has 0 spiro atoms. The number of nitrogens with zero attached hydrogens (tertiary/aromatic N) is 1. The van der Waals surface area contributed by atoms with Crippen molar-refractivity contribution in [3.63, 3.8) is 0 Å². The maximum absolute atomic E-state index is 13.7. The van der Waals surface area contributed by atoms with Gasteiger partial charge in [0.05, 0.1) is 17.5 Å². The number of halogens is 3. The van der Waals surface area contributed by atoms with E-state index in [0.717, 1.165) is 22.8 Å². The maximum atomic E-state index is 13.7. The van der Waals surface area contributed by atoms with E-state index in [4.69, 9.17) is 0 Å². The van der Waals surface area contributed by atoms with Crippen molar-refractivity contribution in [1.82, 2.24) is 4.90 Å². The average molecular weight is 391 g/mol. The fraction of sp³-hybridized carbons (Fsp3) is 0.409. The van der Waals surface area contributed by atoms with E-state index in [-0.39, 0.29) is 5.56 Å². The molecule has 1 fully saturated rings. The summed E-state index contributed by atoms with van der Waals surface area (Å²) in [6.45, 7) is 4.72. The van der Waals surface area contributed by atoms with E-state index in [0.29, 0.717) is 25.9 Å². The maximum Gasteiger partial charge on any atom is 0.416 e. The van der Waals surface area contributed by atoms with Crippen molar-refractivity contribution >= 4 is 5.97 Å². The van der Waals surface area contributed by atoms with Gasteiger partial charge in [-0.2, -0.15) is 13.2 Å². The van der Waals surface area contributed by atoms with Gasteiger partial charge in [0.15, 0.2) is 0 Å². The number of hydrogen-bond acceptors (Lipinski definition) is 2. The number of aryl methyl sites for hydroxylation is 2. The molecular weight excluding hydrogens is 367 g/mol. The standard InChI is InChI=1S/C22H24F3NO2/c1-14-7-8-15(2)18(13-14)20(26-11-9-16(10-12-26)21(27)28)17-5-3-4-6-19(17)22(23,24)25/h3-8,13,16,20H,9-12H2,1-2H3,(H,27,28). The molecule has 0 amide bonds. The number of rotatable bonds is 4. The summed E-state index contributed by atoms with van der Waals surface area (Å²) in [5, 5.41) is 9.26. The van der Waals surface area contributed by atoms with Crippen LogP contribution in [0.3, 0.4) is 0 Å². The van der Waals surface area contributed by atoms with Crippen molar-refractivity contribution in [3.05, 3.63) is 70.3 Å². The van der Waals surface area contributed by atoms with Crippen molar-refractivity contribution in [2.45, 2.75) is 38.9 Å². The number of aliphatic carboxylic acids is 1. The minimum absolute atomic E-state index is 0.220. The molecule has 28 heavy (non-hydrogen) atoms. The molecule has 0 bridgehead atoms. The summed E-state index contributed by atoms with van der Waals surface area (Å²) in [4.78, 5) is 13.3. The first-order chi connectivity index (χ1) is 13.2. The normalized spacial score (nSPS) is 17.5. The molecule has 0 aliphatic carbocycles. The molecule has 1 unspecified atom stereocenters. The van der Waals surface area contributed by atoms with Crippen LogP contribution in [0.1, 0.15) is 46.7 Å². The third-order valence-corrected chi connectivity index (χ3v) is 5.53. The van der Waals surface area contributed by atoms with Crippen molar-refractivity contribution in [2.24, 2.45) is 5.92 Å². The van der Waals surface area contributed by atoms with Crippen molar-refractivity contribution < 1.29 is 23.1 Å². The van der Waals surface area contributed by atoms with Crippen LogP contribution in [0.2, 0.25) is 0 Å². The van der Waals surface area contributed by atoms with E-state index < -0.39 is 29.7 Å². The second-order valence-electron chi connectivity index (χ2n) is 7.50. The highest BCUT2D eigenvalue weighted by Gasteiger charge is 2.38. The zero-order valence-electron chi connectivity index (χ0n) is 16.0. The molecule has 3 rings (SSSR count). The van der Waals surface area contributed by atoms with Gasteiger partial charge >= 0.3 is 12.1 Å². The first-order valence-electron chi connectivity index (χ1n) is 9.38. The molecule has 1 N–H and O–H groups in total. The van der Waals surface area contributed by atoms with Crippen LogP contribution in [0.5, 0.6) is 0 Å². The molecule has 150 valence electrons. The van der Waals surface area contributed by atoms with Gasteiger partial charge in [-0.3, -0.25) is 9.69 Å². The monoisotopic (exact) mass is 391 g/mol. The lowest BCUT2D eigenvalue weighted by Crippen LogP contribution is -2.40. The van der Waals surface area contributed by atoms with E-state index in [1.165, 1.54) is 6.07 Å². The first kappa shape index (κ1) is 20.4. The van der Waals surface area contributed by atoms with E-state index in [1.54, 1.807) is 12.1 Å². The first-order valence-corrected chi connectivity index (χ1v) is 9.38. The summed E-state index contributed by atoms with van der Waals surface area (Å²) in [6, 6.07) is 11.0. The molecule has 6 heteroatoms. The molecule has 2 aromatic rings. The molecule has 1 aliphatic rings. The lowest BCUT2D eigenvalue weighted by molar-refractivity contribution is -0.143. The van der Waals surface area contributed by atoms with Gasteiger partial charge in [0.25, 0.3) is 0 Å². The SMILES string of the molecule is Cc1ccc(C)c(C(c2ccccc2C(F)(F)F)N2CCC(C(=O)O)CC2)c1. The minimum Gasteiger partial charge on any atom is -0.481 e. The fourth-order valence-corrected chi connectivity index (χ4v) is 4.01. The molecule has 1 saturated heterocycles. The van der Waals surface area contributed by atoms with Gasteiger partial charge in [0, 0.05) is 0 Å². The van der Waals surface area contributed by atoms with Crippen molar-refractivity contribution in [1.29, 1.82) is 0 Å². The Balaban J connectivity index is 2.09. The third-order valence-electron chi connectivity index (χ3n) is 5.53. The summed E-state index contributed by atoms with van der Waals surface area (Å²) in [6.07, 6.45) is -3.58. The van der Waals surface area contributed by atoms with E-state index in [1.807, 2.05) is 36.9 Å². The van der Waals surface area contributed by atoms with E-state index in [9.17, 15) is 23.1 Å². The number of alkyl halides is 3. The number of carboxylic acid groups (broad SMARTS) is 1. The van der Waals surface area contributed by atoms with E-state index in [2.05, 4.69) is 0 Å². The number of hydrogen-bond donors (Lipinski definition) is 1. The van der Waals surface area contributed by atoms with Gasteiger partial charge in [0.1, 0.15) is 0 Å². The lowest BCUT2D eigenvalue weighted by Gasteiger charge is -2.38. The van der Waals surface area contributed by atoms with Gasteiger partial charge in [-0.05, 0) is 62.5 Å². The summed E-state index contributed by atoms with van der Waals surface area (Å²) in [5.41, 5.74) is 2.33. The van der Waals surface area contributed by atoms with Crippen LogP contribution < -0.4 is 0 Å². The van der Waals surface area contributed by atoms with Crippen LogP contribution in [-0.4, -0.2) is 29.1 Å². The molecule has 1 heterocycles. The number of carboxylic acids is 1.